The van der Waals surface area contributed by atoms with E-state index in [0.29, 0.717) is 37.2 Å². The van der Waals surface area contributed by atoms with Gasteiger partial charge < -0.3 is 15.0 Å². The summed E-state index contributed by atoms with van der Waals surface area (Å²) in [4.78, 5) is 14.7. The van der Waals surface area contributed by atoms with Gasteiger partial charge in [0.05, 0.1) is 19.2 Å². The van der Waals surface area contributed by atoms with E-state index in [4.69, 9.17) is 4.74 Å². The molecule has 0 spiro atoms. The highest BCUT2D eigenvalue weighted by molar-refractivity contribution is 5.82. The second-order valence-electron chi connectivity index (χ2n) is 7.42. The summed E-state index contributed by atoms with van der Waals surface area (Å²) in [7, 11) is 0. The molecule has 0 bridgehead atoms. The molecule has 4 nitrogen and oxygen atoms in total. The third-order valence-electron chi connectivity index (χ3n) is 5.85. The van der Waals surface area contributed by atoms with E-state index in [1.54, 1.807) is 0 Å². The predicted octanol–water partition coefficient (Wildman–Crippen LogP) is 2.79. The van der Waals surface area contributed by atoms with Crippen molar-refractivity contribution in [1.82, 2.24) is 10.2 Å². The first-order valence-electron chi connectivity index (χ1n) is 9.23. The van der Waals surface area contributed by atoms with Gasteiger partial charge >= 0.3 is 0 Å². The highest BCUT2D eigenvalue weighted by atomic mass is 19.2. The molecule has 25 heavy (non-hydrogen) atoms. The number of hydrogen-bond acceptors (Lipinski definition) is 3. The van der Waals surface area contributed by atoms with E-state index in [-0.39, 0.29) is 11.9 Å². The number of carbonyl (C=O) groups excluding carboxylic acids is 1. The first-order chi connectivity index (χ1) is 12.1. The summed E-state index contributed by atoms with van der Waals surface area (Å²) in [6, 6.07) is 4.16. The van der Waals surface area contributed by atoms with Gasteiger partial charge in [0, 0.05) is 12.6 Å². The molecule has 1 aromatic rings. The lowest BCUT2D eigenvalue weighted by Gasteiger charge is -2.34. The molecule has 3 fully saturated rings. The Morgan fingerprint density at radius 3 is 2.84 bits per heavy atom. The number of morpholine rings is 1. The molecule has 1 aliphatic carbocycles. The molecule has 4 atom stereocenters. The first kappa shape index (κ1) is 16.9. The molecular formula is C19H24F2N2O2. The number of rotatable bonds is 2. The molecule has 0 aromatic heterocycles. The van der Waals surface area contributed by atoms with Crippen molar-refractivity contribution in [2.45, 2.75) is 50.3 Å². The molecule has 4 rings (SSSR count). The summed E-state index contributed by atoms with van der Waals surface area (Å²) in [5, 5.41) is 3.52. The predicted molar refractivity (Wildman–Crippen MR) is 88.9 cm³/mol. The van der Waals surface area contributed by atoms with Crippen molar-refractivity contribution < 1.29 is 18.3 Å². The van der Waals surface area contributed by atoms with Crippen LogP contribution in [0.2, 0.25) is 0 Å². The topological polar surface area (TPSA) is 41.6 Å². The molecule has 6 heteroatoms. The van der Waals surface area contributed by atoms with Crippen LogP contribution >= 0.6 is 0 Å². The molecule has 2 saturated heterocycles. The number of carbonyl (C=O) groups is 1. The molecule has 1 N–H and O–H groups in total. The molecule has 0 radical (unpaired) electrons. The van der Waals surface area contributed by atoms with Gasteiger partial charge in [-0.15, -0.1) is 0 Å². The maximum atomic E-state index is 13.5. The Kier molecular flexibility index (Phi) is 4.73. The number of halogens is 2. The Morgan fingerprint density at radius 2 is 2.04 bits per heavy atom. The number of amides is 1. The van der Waals surface area contributed by atoms with E-state index in [2.05, 4.69) is 5.32 Å². The monoisotopic (exact) mass is 350 g/mol. The second kappa shape index (κ2) is 7.00. The zero-order valence-corrected chi connectivity index (χ0v) is 14.2. The second-order valence-corrected chi connectivity index (χ2v) is 7.42. The van der Waals surface area contributed by atoms with Gasteiger partial charge in [-0.25, -0.2) is 8.78 Å². The Morgan fingerprint density at radius 1 is 1.20 bits per heavy atom. The lowest BCUT2D eigenvalue weighted by Crippen LogP contribution is -2.50. The van der Waals surface area contributed by atoms with Crippen LogP contribution in [0, 0.1) is 17.6 Å². The van der Waals surface area contributed by atoms with Gasteiger partial charge in [0.15, 0.2) is 11.6 Å². The number of fused-ring (bicyclic) bond motifs is 1. The minimum Gasteiger partial charge on any atom is -0.370 e. The fourth-order valence-corrected chi connectivity index (χ4v) is 4.49. The van der Waals surface area contributed by atoms with Gasteiger partial charge in [-0.05, 0) is 42.9 Å². The fraction of sp³-hybridized carbons (Fsp3) is 0.632. The molecule has 1 aromatic carbocycles. The van der Waals surface area contributed by atoms with E-state index < -0.39 is 17.7 Å². The quantitative estimate of drug-likeness (QED) is 0.892. The molecule has 1 saturated carbocycles. The Labute approximate surface area is 146 Å². The number of ether oxygens (including phenoxy) is 1. The average molecular weight is 350 g/mol. The maximum Gasteiger partial charge on any atom is 0.239 e. The number of hydrogen-bond donors (Lipinski definition) is 1. The van der Waals surface area contributed by atoms with Gasteiger partial charge in [-0.1, -0.05) is 18.9 Å². The number of benzene rings is 1. The smallest absolute Gasteiger partial charge is 0.239 e. The minimum absolute atomic E-state index is 0.114. The van der Waals surface area contributed by atoms with Crippen LogP contribution in [0.15, 0.2) is 18.2 Å². The molecule has 1 amide bonds. The third-order valence-corrected chi connectivity index (χ3v) is 5.85. The molecule has 4 unspecified atom stereocenters. The standard InChI is InChI=1S/C19H24F2N2O2/c20-14-6-5-13(9-15(14)21)18-11-23(7-8-25-18)19(24)17-10-12-3-1-2-4-16(12)22-17/h5-6,9,12,16-18,22H,1-4,7-8,10-11H2. The van der Waals surface area contributed by atoms with Crippen LogP contribution in [0.1, 0.15) is 43.8 Å². The normalized spacial score (nSPS) is 32.5. The van der Waals surface area contributed by atoms with Crippen LogP contribution in [0.5, 0.6) is 0 Å². The molecule has 2 aliphatic heterocycles. The van der Waals surface area contributed by atoms with Crippen LogP contribution in [0.3, 0.4) is 0 Å². The van der Waals surface area contributed by atoms with Crippen LogP contribution in [0.25, 0.3) is 0 Å². The van der Waals surface area contributed by atoms with E-state index in [0.717, 1.165) is 25.0 Å². The highest BCUT2D eigenvalue weighted by Crippen LogP contribution is 2.34. The lowest BCUT2D eigenvalue weighted by atomic mass is 9.85. The first-order valence-corrected chi connectivity index (χ1v) is 9.23. The van der Waals surface area contributed by atoms with Crippen LogP contribution in [0.4, 0.5) is 8.78 Å². The van der Waals surface area contributed by atoms with Crippen molar-refractivity contribution >= 4 is 5.91 Å². The van der Waals surface area contributed by atoms with Gasteiger partial charge in [0.25, 0.3) is 0 Å². The van der Waals surface area contributed by atoms with E-state index in [9.17, 15) is 13.6 Å². The van der Waals surface area contributed by atoms with E-state index in [1.165, 1.54) is 25.3 Å². The van der Waals surface area contributed by atoms with Gasteiger partial charge in [0.2, 0.25) is 5.91 Å². The van der Waals surface area contributed by atoms with Crippen molar-refractivity contribution in [1.29, 1.82) is 0 Å². The van der Waals surface area contributed by atoms with Crippen molar-refractivity contribution in [2.24, 2.45) is 5.92 Å². The summed E-state index contributed by atoms with van der Waals surface area (Å²) >= 11 is 0. The van der Waals surface area contributed by atoms with Crippen molar-refractivity contribution in [3.63, 3.8) is 0 Å². The zero-order valence-electron chi connectivity index (χ0n) is 14.2. The van der Waals surface area contributed by atoms with Crippen LogP contribution in [-0.2, 0) is 9.53 Å². The Bertz CT molecular complexity index is 640. The molecule has 2 heterocycles. The van der Waals surface area contributed by atoms with Crippen molar-refractivity contribution in [2.75, 3.05) is 19.7 Å². The summed E-state index contributed by atoms with van der Waals surface area (Å²) in [5.74, 6) is -1.02. The summed E-state index contributed by atoms with van der Waals surface area (Å²) in [6.07, 6.45) is 5.38. The van der Waals surface area contributed by atoms with Gasteiger partial charge in [0.1, 0.15) is 6.10 Å². The Balaban J connectivity index is 1.42. The number of nitrogens with one attached hydrogen (secondary N) is 1. The summed E-state index contributed by atoms with van der Waals surface area (Å²) < 4.78 is 32.3. The van der Waals surface area contributed by atoms with Crippen molar-refractivity contribution in [3.8, 4) is 0 Å². The summed E-state index contributed by atoms with van der Waals surface area (Å²) in [6.45, 7) is 1.35. The molecule has 136 valence electrons. The van der Waals surface area contributed by atoms with Crippen molar-refractivity contribution in [3.05, 3.63) is 35.4 Å². The fourth-order valence-electron chi connectivity index (χ4n) is 4.49. The van der Waals surface area contributed by atoms with E-state index in [1.807, 2.05) is 4.90 Å². The largest absolute Gasteiger partial charge is 0.370 e. The summed E-state index contributed by atoms with van der Waals surface area (Å²) in [5.41, 5.74) is 0.574. The SMILES string of the molecule is O=C(C1CC2CCCCC2N1)N1CCOC(c2ccc(F)c(F)c2)C1. The van der Waals surface area contributed by atoms with Crippen LogP contribution in [-0.4, -0.2) is 42.6 Å². The van der Waals surface area contributed by atoms with E-state index >= 15 is 0 Å². The highest BCUT2D eigenvalue weighted by Gasteiger charge is 2.40. The zero-order chi connectivity index (χ0) is 17.4. The van der Waals surface area contributed by atoms with Gasteiger partial charge in [-0.3, -0.25) is 4.79 Å². The lowest BCUT2D eigenvalue weighted by molar-refractivity contribution is -0.141. The average Bonchev–Trinajstić information content (AvgIpc) is 3.07. The minimum atomic E-state index is -0.883. The molecule has 3 aliphatic rings. The van der Waals surface area contributed by atoms with Gasteiger partial charge in [-0.2, -0.15) is 0 Å². The Hall–Kier alpha value is -1.53. The third kappa shape index (κ3) is 3.42. The number of nitrogens with zero attached hydrogens (tertiary/aromatic N) is 1. The van der Waals surface area contributed by atoms with Crippen LogP contribution < -0.4 is 5.32 Å². The maximum absolute atomic E-state index is 13.5. The molecular weight excluding hydrogens is 326 g/mol.